The lowest BCUT2D eigenvalue weighted by molar-refractivity contribution is 0.104. The molecule has 0 saturated carbocycles. The first-order chi connectivity index (χ1) is 7.31. The van der Waals surface area contributed by atoms with Crippen molar-refractivity contribution in [3.8, 4) is 0 Å². The molecule has 2 nitrogen and oxygen atoms in total. The average Bonchev–Trinajstić information content (AvgIpc) is 2.82. The van der Waals surface area contributed by atoms with Crippen molar-refractivity contribution in [2.75, 3.05) is 0 Å². The Balaban J connectivity index is 2.30. The van der Waals surface area contributed by atoms with E-state index in [1.807, 2.05) is 11.4 Å². The van der Waals surface area contributed by atoms with E-state index in [1.165, 1.54) is 11.3 Å². The molecule has 0 aliphatic rings. The maximum Gasteiger partial charge on any atom is 0.202 e. The fourth-order valence-electron chi connectivity index (χ4n) is 1.26. The molecule has 74 valence electrons. The van der Waals surface area contributed by atoms with Crippen LogP contribution in [0.3, 0.4) is 0 Å². The summed E-state index contributed by atoms with van der Waals surface area (Å²) in [5.41, 5.74) is 1.20. The van der Waals surface area contributed by atoms with Gasteiger partial charge in [0.05, 0.1) is 4.88 Å². The van der Waals surface area contributed by atoms with E-state index in [9.17, 15) is 9.59 Å². The molecule has 3 heteroatoms. The van der Waals surface area contributed by atoms with Gasteiger partial charge in [0.25, 0.3) is 0 Å². The highest BCUT2D eigenvalue weighted by atomic mass is 32.1. The second kappa shape index (κ2) is 4.19. The summed E-state index contributed by atoms with van der Waals surface area (Å²) < 4.78 is 0. The third kappa shape index (κ3) is 2.02. The van der Waals surface area contributed by atoms with Gasteiger partial charge in [-0.05, 0) is 11.4 Å². The van der Waals surface area contributed by atoms with Gasteiger partial charge in [0.15, 0.2) is 0 Å². The Kier molecular flexibility index (Phi) is 2.74. The Morgan fingerprint density at radius 1 is 1.13 bits per heavy atom. The Morgan fingerprint density at radius 3 is 2.40 bits per heavy atom. The summed E-state index contributed by atoms with van der Waals surface area (Å²) in [5.74, 6) is 0.00227. The van der Waals surface area contributed by atoms with E-state index in [0.29, 0.717) is 16.0 Å². The minimum atomic E-state index is 0.00227. The second-order valence-corrected chi connectivity index (χ2v) is 3.99. The highest BCUT2D eigenvalue weighted by molar-refractivity contribution is 7.12. The molecule has 1 aromatic carbocycles. The quantitative estimate of drug-likeness (QED) is 0.584. The minimum absolute atomic E-state index is 0.00227. The van der Waals surface area contributed by atoms with Crippen molar-refractivity contribution in [3.63, 3.8) is 0 Å². The molecular formula is C12H8O2S. The van der Waals surface area contributed by atoms with Crippen LogP contribution in [0.5, 0.6) is 0 Å². The molecule has 0 aliphatic heterocycles. The molecule has 0 atom stereocenters. The van der Waals surface area contributed by atoms with Crippen LogP contribution in [0.1, 0.15) is 25.6 Å². The van der Waals surface area contributed by atoms with Crippen LogP contribution in [0.15, 0.2) is 41.8 Å². The predicted octanol–water partition coefficient (Wildman–Crippen LogP) is 2.79. The van der Waals surface area contributed by atoms with Gasteiger partial charge in [-0.1, -0.05) is 30.3 Å². The van der Waals surface area contributed by atoms with Crippen LogP contribution < -0.4 is 0 Å². The lowest BCUT2D eigenvalue weighted by Crippen LogP contribution is -1.98. The first-order valence-corrected chi connectivity index (χ1v) is 5.32. The molecule has 0 spiro atoms. The molecule has 1 aromatic heterocycles. The zero-order chi connectivity index (χ0) is 10.7. The number of benzene rings is 1. The van der Waals surface area contributed by atoms with Gasteiger partial charge in [-0.3, -0.25) is 9.59 Å². The monoisotopic (exact) mass is 216 g/mol. The van der Waals surface area contributed by atoms with E-state index in [1.54, 1.807) is 30.3 Å². The standard InChI is InChI=1S/C12H8O2S/c13-8-9-3-5-10(6-4-9)12(14)11-2-1-7-15-11/h1-8H. The van der Waals surface area contributed by atoms with Crippen molar-refractivity contribution in [2.45, 2.75) is 0 Å². The molecule has 0 unspecified atom stereocenters. The number of hydrogen-bond acceptors (Lipinski definition) is 3. The van der Waals surface area contributed by atoms with Crippen LogP contribution >= 0.6 is 11.3 Å². The predicted molar refractivity (Wildman–Crippen MR) is 59.6 cm³/mol. The van der Waals surface area contributed by atoms with Gasteiger partial charge < -0.3 is 0 Å². The van der Waals surface area contributed by atoms with Crippen LogP contribution in [0.2, 0.25) is 0 Å². The summed E-state index contributed by atoms with van der Waals surface area (Å²) in [7, 11) is 0. The second-order valence-electron chi connectivity index (χ2n) is 3.05. The number of aldehydes is 1. The van der Waals surface area contributed by atoms with Crippen LogP contribution in [0, 0.1) is 0 Å². The summed E-state index contributed by atoms with van der Waals surface area (Å²) in [5, 5.41) is 1.87. The smallest absolute Gasteiger partial charge is 0.202 e. The van der Waals surface area contributed by atoms with E-state index in [0.717, 1.165) is 6.29 Å². The van der Waals surface area contributed by atoms with E-state index in [4.69, 9.17) is 0 Å². The SMILES string of the molecule is O=Cc1ccc(C(=O)c2cccs2)cc1. The topological polar surface area (TPSA) is 34.1 Å². The van der Waals surface area contributed by atoms with Crippen LogP contribution in [0.4, 0.5) is 0 Å². The lowest BCUT2D eigenvalue weighted by atomic mass is 10.1. The van der Waals surface area contributed by atoms with Crippen LogP contribution in [0.25, 0.3) is 0 Å². The number of rotatable bonds is 3. The van der Waals surface area contributed by atoms with Crippen molar-refractivity contribution >= 4 is 23.4 Å². The van der Waals surface area contributed by atoms with Gasteiger partial charge >= 0.3 is 0 Å². The van der Waals surface area contributed by atoms with E-state index in [-0.39, 0.29) is 5.78 Å². The molecular weight excluding hydrogens is 208 g/mol. The van der Waals surface area contributed by atoms with Gasteiger partial charge in [0.2, 0.25) is 5.78 Å². The zero-order valence-corrected chi connectivity index (χ0v) is 8.66. The summed E-state index contributed by atoms with van der Waals surface area (Å²) in [6.07, 6.45) is 0.763. The van der Waals surface area contributed by atoms with Gasteiger partial charge in [0, 0.05) is 11.1 Å². The number of ketones is 1. The molecule has 0 bridgehead atoms. The molecule has 0 radical (unpaired) electrons. The van der Waals surface area contributed by atoms with E-state index >= 15 is 0 Å². The maximum absolute atomic E-state index is 11.8. The molecule has 0 fully saturated rings. The fourth-order valence-corrected chi connectivity index (χ4v) is 1.95. The van der Waals surface area contributed by atoms with Gasteiger partial charge in [-0.25, -0.2) is 0 Å². The molecule has 0 aliphatic carbocycles. The minimum Gasteiger partial charge on any atom is -0.298 e. The Bertz CT molecular complexity index is 469. The first-order valence-electron chi connectivity index (χ1n) is 4.45. The largest absolute Gasteiger partial charge is 0.298 e. The normalized spacial score (nSPS) is 9.87. The van der Waals surface area contributed by atoms with E-state index in [2.05, 4.69) is 0 Å². The molecule has 15 heavy (non-hydrogen) atoms. The summed E-state index contributed by atoms with van der Waals surface area (Å²) in [4.78, 5) is 23.0. The van der Waals surface area contributed by atoms with Gasteiger partial charge in [0.1, 0.15) is 6.29 Å². The van der Waals surface area contributed by atoms with Gasteiger partial charge in [-0.15, -0.1) is 11.3 Å². The number of thiophene rings is 1. The number of carbonyl (C=O) groups excluding carboxylic acids is 2. The molecule has 2 rings (SSSR count). The number of carbonyl (C=O) groups is 2. The summed E-state index contributed by atoms with van der Waals surface area (Å²) in [6, 6.07) is 10.3. The molecule has 0 saturated heterocycles. The summed E-state index contributed by atoms with van der Waals surface area (Å²) >= 11 is 1.42. The third-order valence-corrected chi connectivity index (χ3v) is 2.92. The third-order valence-electron chi connectivity index (χ3n) is 2.05. The first kappa shape index (κ1) is 9.80. The maximum atomic E-state index is 11.8. The van der Waals surface area contributed by atoms with Crippen molar-refractivity contribution in [3.05, 3.63) is 57.8 Å². The van der Waals surface area contributed by atoms with Crippen molar-refractivity contribution in [2.24, 2.45) is 0 Å². The van der Waals surface area contributed by atoms with Gasteiger partial charge in [-0.2, -0.15) is 0 Å². The highest BCUT2D eigenvalue weighted by Gasteiger charge is 2.08. The molecule has 0 N–H and O–H groups in total. The Labute approximate surface area is 91.2 Å². The lowest BCUT2D eigenvalue weighted by Gasteiger charge is -1.97. The average molecular weight is 216 g/mol. The van der Waals surface area contributed by atoms with E-state index < -0.39 is 0 Å². The van der Waals surface area contributed by atoms with Crippen LogP contribution in [-0.4, -0.2) is 12.1 Å². The zero-order valence-electron chi connectivity index (χ0n) is 7.84. The van der Waals surface area contributed by atoms with Crippen molar-refractivity contribution in [1.29, 1.82) is 0 Å². The molecule has 2 aromatic rings. The Hall–Kier alpha value is -1.74. The molecule has 1 heterocycles. The van der Waals surface area contributed by atoms with Crippen molar-refractivity contribution in [1.82, 2.24) is 0 Å². The summed E-state index contributed by atoms with van der Waals surface area (Å²) in [6.45, 7) is 0. The van der Waals surface area contributed by atoms with Crippen molar-refractivity contribution < 1.29 is 9.59 Å². The van der Waals surface area contributed by atoms with Crippen LogP contribution in [-0.2, 0) is 0 Å². The Morgan fingerprint density at radius 2 is 1.87 bits per heavy atom. The fraction of sp³-hybridized carbons (Fsp3) is 0. The number of hydrogen-bond donors (Lipinski definition) is 0. The molecule has 0 amide bonds. The highest BCUT2D eigenvalue weighted by Crippen LogP contribution is 2.15.